The summed E-state index contributed by atoms with van der Waals surface area (Å²) < 4.78 is 0. The van der Waals surface area contributed by atoms with Crippen molar-refractivity contribution in [1.29, 1.82) is 0 Å². The van der Waals surface area contributed by atoms with Gasteiger partial charge in [-0.2, -0.15) is 0 Å². The first-order chi connectivity index (χ1) is 9.17. The third-order valence-electron chi connectivity index (χ3n) is 5.31. The Labute approximate surface area is 114 Å². The largest absolute Gasteiger partial charge is 0.342 e. The Morgan fingerprint density at radius 1 is 1.21 bits per heavy atom. The van der Waals surface area contributed by atoms with Gasteiger partial charge in [0.15, 0.2) is 0 Å². The van der Waals surface area contributed by atoms with Gasteiger partial charge in [-0.1, -0.05) is 26.2 Å². The highest BCUT2D eigenvalue weighted by atomic mass is 16.2. The van der Waals surface area contributed by atoms with E-state index in [2.05, 4.69) is 5.32 Å². The normalized spacial score (nSPS) is 30.6. The van der Waals surface area contributed by atoms with E-state index in [-0.39, 0.29) is 17.9 Å². The molecule has 0 radical (unpaired) electrons. The number of nitrogens with zero attached hydrogens (tertiary/aromatic N) is 1. The number of carbonyl (C=O) groups excluding carboxylic acids is 2. The molecule has 1 aliphatic heterocycles. The number of nitrogens with one attached hydrogen (secondary N) is 1. The van der Waals surface area contributed by atoms with E-state index in [4.69, 9.17) is 0 Å². The molecule has 4 nitrogen and oxygen atoms in total. The van der Waals surface area contributed by atoms with Crippen molar-refractivity contribution in [3.8, 4) is 0 Å². The highest BCUT2D eigenvalue weighted by molar-refractivity contribution is 6.00. The molecule has 3 rings (SSSR count). The topological polar surface area (TPSA) is 49.4 Å². The van der Waals surface area contributed by atoms with E-state index in [0.717, 1.165) is 32.2 Å². The van der Waals surface area contributed by atoms with Crippen LogP contribution in [0.4, 0.5) is 0 Å². The summed E-state index contributed by atoms with van der Waals surface area (Å²) >= 11 is 0. The van der Waals surface area contributed by atoms with Crippen molar-refractivity contribution in [3.63, 3.8) is 0 Å². The maximum atomic E-state index is 12.6. The molecule has 2 saturated carbocycles. The summed E-state index contributed by atoms with van der Waals surface area (Å²) in [6, 6.07) is -0.293. The van der Waals surface area contributed by atoms with Crippen LogP contribution in [0.15, 0.2) is 0 Å². The first-order valence-corrected chi connectivity index (χ1v) is 7.80. The van der Waals surface area contributed by atoms with Crippen LogP contribution >= 0.6 is 0 Å². The van der Waals surface area contributed by atoms with Crippen molar-refractivity contribution < 1.29 is 9.59 Å². The second-order valence-electron chi connectivity index (χ2n) is 6.42. The molecular weight excluding hydrogens is 240 g/mol. The van der Waals surface area contributed by atoms with Gasteiger partial charge in [0.2, 0.25) is 11.8 Å². The fraction of sp³-hybridized carbons (Fsp3) is 0.867. The molecule has 2 aliphatic carbocycles. The fourth-order valence-corrected chi connectivity index (χ4v) is 3.81. The maximum Gasteiger partial charge on any atom is 0.246 e. The molecule has 3 aliphatic rings. The average Bonchev–Trinajstić information content (AvgIpc) is 2.82. The van der Waals surface area contributed by atoms with Gasteiger partial charge in [0, 0.05) is 6.54 Å². The third kappa shape index (κ3) is 1.96. The number of amides is 2. The van der Waals surface area contributed by atoms with Gasteiger partial charge in [-0.05, 0) is 38.0 Å². The lowest BCUT2D eigenvalue weighted by Crippen LogP contribution is -2.70. The van der Waals surface area contributed by atoms with Crippen LogP contribution in [-0.4, -0.2) is 34.8 Å². The van der Waals surface area contributed by atoms with Gasteiger partial charge in [0.25, 0.3) is 0 Å². The minimum absolute atomic E-state index is 0.107. The molecule has 1 saturated heterocycles. The quantitative estimate of drug-likeness (QED) is 0.845. The van der Waals surface area contributed by atoms with Crippen LogP contribution in [0.2, 0.25) is 0 Å². The van der Waals surface area contributed by atoms with Crippen LogP contribution in [0.5, 0.6) is 0 Å². The molecule has 2 amide bonds. The molecule has 0 aromatic carbocycles. The molecule has 0 aromatic heterocycles. The van der Waals surface area contributed by atoms with Crippen LogP contribution in [0, 0.1) is 5.92 Å². The summed E-state index contributed by atoms with van der Waals surface area (Å²) in [4.78, 5) is 27.1. The molecule has 106 valence electrons. The average molecular weight is 264 g/mol. The Bertz CT molecular complexity index is 384. The molecule has 1 spiro atoms. The minimum atomic E-state index is -0.502. The van der Waals surface area contributed by atoms with Crippen molar-refractivity contribution >= 4 is 11.8 Å². The maximum absolute atomic E-state index is 12.6. The summed E-state index contributed by atoms with van der Waals surface area (Å²) in [5.41, 5.74) is -0.502. The van der Waals surface area contributed by atoms with Crippen LogP contribution in [-0.2, 0) is 9.59 Å². The van der Waals surface area contributed by atoms with Crippen LogP contribution in [0.1, 0.15) is 58.3 Å². The Kier molecular flexibility index (Phi) is 3.27. The zero-order chi connectivity index (χ0) is 13.5. The lowest BCUT2D eigenvalue weighted by molar-refractivity contribution is -0.158. The highest BCUT2D eigenvalue weighted by Gasteiger charge is 2.53. The van der Waals surface area contributed by atoms with Gasteiger partial charge in [-0.25, -0.2) is 0 Å². The fourth-order valence-electron chi connectivity index (χ4n) is 3.81. The molecule has 4 heteroatoms. The van der Waals surface area contributed by atoms with E-state index >= 15 is 0 Å². The van der Waals surface area contributed by atoms with Crippen molar-refractivity contribution in [2.45, 2.75) is 69.9 Å². The van der Waals surface area contributed by atoms with E-state index in [1.54, 1.807) is 0 Å². The molecule has 1 heterocycles. The molecule has 0 aromatic rings. The summed E-state index contributed by atoms with van der Waals surface area (Å²) in [5.74, 6) is 0.900. The Morgan fingerprint density at radius 2 is 1.89 bits per heavy atom. The van der Waals surface area contributed by atoms with Gasteiger partial charge in [-0.15, -0.1) is 0 Å². The van der Waals surface area contributed by atoms with E-state index in [1.807, 2.05) is 11.8 Å². The van der Waals surface area contributed by atoms with Gasteiger partial charge >= 0.3 is 0 Å². The van der Waals surface area contributed by atoms with Crippen molar-refractivity contribution in [3.05, 3.63) is 0 Å². The number of hydrogen-bond donors (Lipinski definition) is 1. The van der Waals surface area contributed by atoms with Crippen LogP contribution in [0.3, 0.4) is 0 Å². The molecule has 1 unspecified atom stereocenters. The lowest BCUT2D eigenvalue weighted by atomic mass is 9.81. The number of carbonyl (C=O) groups is 2. The van der Waals surface area contributed by atoms with Crippen molar-refractivity contribution in [1.82, 2.24) is 10.2 Å². The standard InChI is InChI=1S/C15H24N2O2/c1-2-12-13(18)17(10-11-6-5-7-11)15(14(19)16-12)8-3-4-9-15/h11-12H,2-10H2,1H3,(H,16,19). The van der Waals surface area contributed by atoms with Gasteiger partial charge in [0.05, 0.1) is 0 Å². The van der Waals surface area contributed by atoms with Crippen molar-refractivity contribution in [2.75, 3.05) is 6.54 Å². The van der Waals surface area contributed by atoms with E-state index in [0.29, 0.717) is 12.3 Å². The van der Waals surface area contributed by atoms with E-state index in [1.165, 1.54) is 19.3 Å². The number of hydrogen-bond acceptors (Lipinski definition) is 2. The van der Waals surface area contributed by atoms with Gasteiger partial charge < -0.3 is 10.2 Å². The smallest absolute Gasteiger partial charge is 0.246 e. The van der Waals surface area contributed by atoms with Crippen LogP contribution < -0.4 is 5.32 Å². The van der Waals surface area contributed by atoms with E-state index in [9.17, 15) is 9.59 Å². The predicted octanol–water partition coefficient (Wildman–Crippen LogP) is 1.84. The minimum Gasteiger partial charge on any atom is -0.342 e. The Hall–Kier alpha value is -1.06. The molecule has 19 heavy (non-hydrogen) atoms. The van der Waals surface area contributed by atoms with Crippen molar-refractivity contribution in [2.24, 2.45) is 5.92 Å². The molecule has 0 bridgehead atoms. The second-order valence-corrected chi connectivity index (χ2v) is 6.42. The second kappa shape index (κ2) is 4.80. The highest BCUT2D eigenvalue weighted by Crippen LogP contribution is 2.40. The number of piperazine rings is 1. The van der Waals surface area contributed by atoms with Gasteiger partial charge in [-0.3, -0.25) is 9.59 Å². The van der Waals surface area contributed by atoms with Gasteiger partial charge in [0.1, 0.15) is 11.6 Å². The summed E-state index contributed by atoms with van der Waals surface area (Å²) in [6.07, 6.45) is 8.26. The number of rotatable bonds is 3. The summed E-state index contributed by atoms with van der Waals surface area (Å²) in [5, 5.41) is 2.96. The van der Waals surface area contributed by atoms with E-state index < -0.39 is 5.54 Å². The molecule has 1 atom stereocenters. The zero-order valence-electron chi connectivity index (χ0n) is 11.8. The monoisotopic (exact) mass is 264 g/mol. The summed E-state index contributed by atoms with van der Waals surface area (Å²) in [7, 11) is 0. The summed E-state index contributed by atoms with van der Waals surface area (Å²) in [6.45, 7) is 2.78. The predicted molar refractivity (Wildman–Crippen MR) is 72.5 cm³/mol. The SMILES string of the molecule is CCC1NC(=O)C2(CCCC2)N(CC2CCC2)C1=O. The Morgan fingerprint density at radius 3 is 2.42 bits per heavy atom. The molecule has 1 N–H and O–H groups in total. The van der Waals surface area contributed by atoms with Crippen LogP contribution in [0.25, 0.3) is 0 Å². The third-order valence-corrected chi connectivity index (χ3v) is 5.31. The molecular formula is C15H24N2O2. The zero-order valence-corrected chi connectivity index (χ0v) is 11.8. The molecule has 3 fully saturated rings. The first kappa shape index (κ1) is 12.9. The lowest BCUT2D eigenvalue weighted by Gasteiger charge is -2.48. The Balaban J connectivity index is 1.86. The first-order valence-electron chi connectivity index (χ1n) is 7.80.